The summed E-state index contributed by atoms with van der Waals surface area (Å²) in [5.41, 5.74) is 1.08. The normalized spacial score (nSPS) is 21.4. The van der Waals surface area contributed by atoms with Gasteiger partial charge in [-0.2, -0.15) is 0 Å². The average Bonchev–Trinajstić information content (AvgIpc) is 2.94. The second-order valence-corrected chi connectivity index (χ2v) is 6.95. The number of amides is 1. The third kappa shape index (κ3) is 3.35. The number of hydrogen-bond acceptors (Lipinski definition) is 4. The first-order valence-electron chi connectivity index (χ1n) is 9.60. The van der Waals surface area contributed by atoms with Gasteiger partial charge in [-0.05, 0) is 37.5 Å². The summed E-state index contributed by atoms with van der Waals surface area (Å²) in [4.78, 5) is 27.1. The fourth-order valence-electron chi connectivity index (χ4n) is 4.07. The van der Waals surface area contributed by atoms with Crippen LogP contribution in [0.15, 0.2) is 35.6 Å². The monoisotopic (exact) mass is 357 g/mol. The van der Waals surface area contributed by atoms with E-state index in [-0.39, 0.29) is 29.6 Å². The van der Waals surface area contributed by atoms with Crippen LogP contribution in [0, 0.1) is 0 Å². The molecule has 1 aromatic carbocycles. The lowest BCUT2D eigenvalue weighted by atomic mass is 9.90. The van der Waals surface area contributed by atoms with Crippen LogP contribution in [0.3, 0.4) is 0 Å². The Morgan fingerprint density at radius 3 is 2.38 bits per heavy atom. The molecular formula is C21H27NO4. The van der Waals surface area contributed by atoms with Crippen molar-refractivity contribution in [3.63, 3.8) is 0 Å². The van der Waals surface area contributed by atoms with Crippen LogP contribution >= 0.6 is 0 Å². The topological polar surface area (TPSA) is 66.8 Å². The summed E-state index contributed by atoms with van der Waals surface area (Å²) in [5.74, 6) is -0.205. The molecule has 0 spiro atoms. The fourth-order valence-corrected chi connectivity index (χ4v) is 4.07. The standard InChI is InChI=1S/C21H27NO4/c1-3-17(23)18-19(14-10-12-16(13-11-14)26-4-2)22(21(25)20(18)24)15-8-6-5-7-9-15/h10-13,15,19,24H,3-9H2,1-2H3. The number of rotatable bonds is 6. The lowest BCUT2D eigenvalue weighted by Gasteiger charge is -2.36. The third-order valence-corrected chi connectivity index (χ3v) is 5.34. The summed E-state index contributed by atoms with van der Waals surface area (Å²) >= 11 is 0. The van der Waals surface area contributed by atoms with Gasteiger partial charge in [-0.1, -0.05) is 38.3 Å². The van der Waals surface area contributed by atoms with E-state index in [4.69, 9.17) is 4.74 Å². The van der Waals surface area contributed by atoms with Gasteiger partial charge in [-0.25, -0.2) is 0 Å². The van der Waals surface area contributed by atoms with Crippen LogP contribution in [0.1, 0.15) is 64.0 Å². The Morgan fingerprint density at radius 2 is 1.81 bits per heavy atom. The van der Waals surface area contributed by atoms with Crippen LogP contribution in [0.2, 0.25) is 0 Å². The number of hydrogen-bond donors (Lipinski definition) is 1. The van der Waals surface area contributed by atoms with Gasteiger partial charge >= 0.3 is 0 Å². The number of Topliss-reactive ketones (excluding diaryl/α,β-unsaturated/α-hetero) is 1. The Hall–Kier alpha value is -2.30. The van der Waals surface area contributed by atoms with E-state index in [1.807, 2.05) is 31.2 Å². The van der Waals surface area contributed by atoms with Gasteiger partial charge in [0.1, 0.15) is 5.75 Å². The highest BCUT2D eigenvalue weighted by molar-refractivity contribution is 6.09. The minimum atomic E-state index is -0.506. The highest BCUT2D eigenvalue weighted by Crippen LogP contribution is 2.42. The predicted octanol–water partition coefficient (Wildman–Crippen LogP) is 4.09. The van der Waals surface area contributed by atoms with Crippen LogP contribution in [-0.2, 0) is 9.59 Å². The molecule has 1 aromatic rings. The molecule has 140 valence electrons. The number of carbonyl (C=O) groups is 2. The van der Waals surface area contributed by atoms with Crippen molar-refractivity contribution >= 4 is 11.7 Å². The second-order valence-electron chi connectivity index (χ2n) is 6.95. The third-order valence-electron chi connectivity index (χ3n) is 5.34. The number of benzene rings is 1. The molecule has 5 heteroatoms. The number of carbonyl (C=O) groups excluding carboxylic acids is 2. The van der Waals surface area contributed by atoms with Crippen molar-refractivity contribution < 1.29 is 19.4 Å². The van der Waals surface area contributed by atoms with E-state index in [1.54, 1.807) is 11.8 Å². The maximum absolute atomic E-state index is 12.8. The minimum Gasteiger partial charge on any atom is -0.503 e. The molecule has 0 radical (unpaired) electrons. The zero-order valence-corrected chi connectivity index (χ0v) is 15.5. The molecule has 1 saturated carbocycles. The molecule has 1 unspecified atom stereocenters. The first kappa shape index (κ1) is 18.5. The summed E-state index contributed by atoms with van der Waals surface area (Å²) in [5, 5.41) is 10.5. The van der Waals surface area contributed by atoms with Gasteiger partial charge in [0.25, 0.3) is 5.91 Å². The number of aliphatic hydroxyl groups excluding tert-OH is 1. The molecule has 26 heavy (non-hydrogen) atoms. The van der Waals surface area contributed by atoms with E-state index in [9.17, 15) is 14.7 Å². The highest BCUT2D eigenvalue weighted by atomic mass is 16.5. The zero-order valence-electron chi connectivity index (χ0n) is 15.5. The Kier molecular flexibility index (Phi) is 5.64. The van der Waals surface area contributed by atoms with Crippen molar-refractivity contribution in [1.29, 1.82) is 0 Å². The van der Waals surface area contributed by atoms with Crippen molar-refractivity contribution in [3.8, 4) is 5.75 Å². The molecule has 1 amide bonds. The summed E-state index contributed by atoms with van der Waals surface area (Å²) < 4.78 is 5.50. The molecule has 3 rings (SSSR count). The Labute approximate surface area is 154 Å². The molecule has 1 aliphatic carbocycles. The maximum Gasteiger partial charge on any atom is 0.290 e. The van der Waals surface area contributed by atoms with Gasteiger partial charge in [0.15, 0.2) is 11.5 Å². The summed E-state index contributed by atoms with van der Waals surface area (Å²) in [6, 6.07) is 7.05. The second kappa shape index (κ2) is 7.94. The molecule has 1 N–H and O–H groups in total. The minimum absolute atomic E-state index is 0.0668. The largest absolute Gasteiger partial charge is 0.503 e. The van der Waals surface area contributed by atoms with Crippen LogP contribution in [0.5, 0.6) is 5.75 Å². The molecule has 0 aromatic heterocycles. The molecule has 1 aliphatic heterocycles. The van der Waals surface area contributed by atoms with Crippen molar-refractivity contribution in [2.24, 2.45) is 0 Å². The molecule has 1 atom stereocenters. The number of nitrogens with zero attached hydrogens (tertiary/aromatic N) is 1. The number of ether oxygens (including phenoxy) is 1. The average molecular weight is 357 g/mol. The molecule has 5 nitrogen and oxygen atoms in total. The van der Waals surface area contributed by atoms with E-state index < -0.39 is 11.9 Å². The van der Waals surface area contributed by atoms with Crippen LogP contribution in [0.4, 0.5) is 0 Å². The Balaban J connectivity index is 2.01. The molecular weight excluding hydrogens is 330 g/mol. The van der Waals surface area contributed by atoms with E-state index >= 15 is 0 Å². The van der Waals surface area contributed by atoms with E-state index in [0.29, 0.717) is 6.61 Å². The summed E-state index contributed by atoms with van der Waals surface area (Å²) in [6.07, 6.45) is 5.41. The predicted molar refractivity (Wildman–Crippen MR) is 99.0 cm³/mol. The van der Waals surface area contributed by atoms with Crippen molar-refractivity contribution in [1.82, 2.24) is 4.90 Å². The van der Waals surface area contributed by atoms with Crippen molar-refractivity contribution in [2.45, 2.75) is 64.5 Å². The SMILES string of the molecule is CCOc1ccc(C2C(C(=O)CC)=C(O)C(=O)N2C2CCCCC2)cc1. The van der Waals surface area contributed by atoms with E-state index in [2.05, 4.69) is 0 Å². The molecule has 1 fully saturated rings. The molecule has 0 saturated heterocycles. The van der Waals surface area contributed by atoms with Crippen LogP contribution in [-0.4, -0.2) is 34.3 Å². The first-order chi connectivity index (χ1) is 12.6. The van der Waals surface area contributed by atoms with Gasteiger partial charge < -0.3 is 14.7 Å². The lowest BCUT2D eigenvalue weighted by Crippen LogP contribution is -2.41. The fraction of sp³-hybridized carbons (Fsp3) is 0.524. The molecule has 0 bridgehead atoms. The van der Waals surface area contributed by atoms with E-state index in [0.717, 1.165) is 37.0 Å². The number of ketones is 1. The lowest BCUT2D eigenvalue weighted by molar-refractivity contribution is -0.132. The van der Waals surface area contributed by atoms with Gasteiger partial charge in [0.2, 0.25) is 0 Å². The van der Waals surface area contributed by atoms with Crippen LogP contribution in [0.25, 0.3) is 0 Å². The number of aliphatic hydroxyl groups is 1. The Bertz CT molecular complexity index is 701. The molecule has 1 heterocycles. The van der Waals surface area contributed by atoms with E-state index in [1.165, 1.54) is 6.42 Å². The maximum atomic E-state index is 12.8. The van der Waals surface area contributed by atoms with Gasteiger partial charge in [-0.3, -0.25) is 9.59 Å². The molecule has 2 aliphatic rings. The first-order valence-corrected chi connectivity index (χ1v) is 9.60. The van der Waals surface area contributed by atoms with Crippen molar-refractivity contribution in [2.75, 3.05) is 6.61 Å². The van der Waals surface area contributed by atoms with Gasteiger partial charge in [0, 0.05) is 12.5 Å². The van der Waals surface area contributed by atoms with Gasteiger partial charge in [0.05, 0.1) is 18.2 Å². The quantitative estimate of drug-likeness (QED) is 0.832. The van der Waals surface area contributed by atoms with Crippen LogP contribution < -0.4 is 4.74 Å². The van der Waals surface area contributed by atoms with Gasteiger partial charge in [-0.15, -0.1) is 0 Å². The zero-order chi connectivity index (χ0) is 18.7. The smallest absolute Gasteiger partial charge is 0.290 e. The summed E-state index contributed by atoms with van der Waals surface area (Å²) in [7, 11) is 0. The van der Waals surface area contributed by atoms with Crippen molar-refractivity contribution in [3.05, 3.63) is 41.2 Å². The highest BCUT2D eigenvalue weighted by Gasteiger charge is 2.45. The summed E-state index contributed by atoms with van der Waals surface area (Å²) in [6.45, 7) is 4.26. The Morgan fingerprint density at radius 1 is 1.15 bits per heavy atom.